The van der Waals surface area contributed by atoms with Gasteiger partial charge in [-0.15, -0.1) is 0 Å². The normalized spacial score (nSPS) is 11.6. The van der Waals surface area contributed by atoms with Crippen molar-refractivity contribution in [2.45, 2.75) is 9.79 Å². The highest BCUT2D eigenvalue weighted by Gasteiger charge is 2.21. The monoisotopic (exact) mass is 528 g/mol. The zero-order chi connectivity index (χ0) is 22.6. The second-order valence-electron chi connectivity index (χ2n) is 6.02. The molecule has 0 aliphatic heterocycles. The molecule has 31 heavy (non-hydrogen) atoms. The standard InChI is InChI=1S/C20H17BrO8S2/c1-26-14-3-8-17(9-4-14)30(22,23)28-16-7-12-20(19(21)13-16)29-31(24,25)18-10-5-15(27-2)6-11-18/h3-13H,1-2H3. The van der Waals surface area contributed by atoms with Crippen molar-refractivity contribution in [2.75, 3.05) is 14.2 Å². The van der Waals surface area contributed by atoms with E-state index in [1.807, 2.05) is 0 Å². The first-order valence-electron chi connectivity index (χ1n) is 8.61. The number of hydrogen-bond donors (Lipinski definition) is 0. The predicted molar refractivity (Wildman–Crippen MR) is 116 cm³/mol. The van der Waals surface area contributed by atoms with Gasteiger partial charge >= 0.3 is 20.2 Å². The second-order valence-corrected chi connectivity index (χ2v) is 9.97. The second kappa shape index (κ2) is 9.16. The Labute approximate surface area is 188 Å². The van der Waals surface area contributed by atoms with Crippen molar-refractivity contribution < 1.29 is 34.7 Å². The van der Waals surface area contributed by atoms with Crippen LogP contribution in [0.1, 0.15) is 0 Å². The van der Waals surface area contributed by atoms with E-state index in [1.165, 1.54) is 80.9 Å². The molecular weight excluding hydrogens is 512 g/mol. The fraction of sp³-hybridized carbons (Fsp3) is 0.100. The molecule has 0 fully saturated rings. The Morgan fingerprint density at radius 3 is 1.45 bits per heavy atom. The summed E-state index contributed by atoms with van der Waals surface area (Å²) in [7, 11) is -5.28. The molecule has 0 N–H and O–H groups in total. The van der Waals surface area contributed by atoms with Crippen LogP contribution < -0.4 is 17.8 Å². The number of ether oxygens (including phenoxy) is 2. The van der Waals surface area contributed by atoms with Crippen LogP contribution in [-0.2, 0) is 20.2 Å². The molecule has 3 rings (SSSR count). The van der Waals surface area contributed by atoms with Crippen LogP contribution >= 0.6 is 15.9 Å². The number of methoxy groups -OCH3 is 2. The summed E-state index contributed by atoms with van der Waals surface area (Å²) in [6, 6.07) is 15.2. The fourth-order valence-corrected chi connectivity index (χ4v) is 4.84. The van der Waals surface area contributed by atoms with Crippen LogP contribution in [0.15, 0.2) is 81.0 Å². The molecular formula is C20H17BrO8S2. The van der Waals surface area contributed by atoms with Crippen molar-refractivity contribution in [1.29, 1.82) is 0 Å². The van der Waals surface area contributed by atoms with Gasteiger partial charge in [0.1, 0.15) is 27.0 Å². The fourth-order valence-electron chi connectivity index (χ4n) is 2.43. The van der Waals surface area contributed by atoms with E-state index < -0.39 is 20.2 Å². The van der Waals surface area contributed by atoms with E-state index >= 15 is 0 Å². The van der Waals surface area contributed by atoms with Crippen LogP contribution in [0.4, 0.5) is 0 Å². The van der Waals surface area contributed by atoms with Gasteiger partial charge in [-0.25, -0.2) is 0 Å². The van der Waals surface area contributed by atoms with Gasteiger partial charge in [0.25, 0.3) is 0 Å². The average Bonchev–Trinajstić information content (AvgIpc) is 2.75. The van der Waals surface area contributed by atoms with Crippen LogP contribution in [0.2, 0.25) is 0 Å². The van der Waals surface area contributed by atoms with Gasteiger partial charge in [0.05, 0.1) is 18.7 Å². The smallest absolute Gasteiger partial charge is 0.339 e. The summed E-state index contributed by atoms with van der Waals surface area (Å²) < 4.78 is 70.3. The lowest BCUT2D eigenvalue weighted by atomic mass is 10.3. The molecule has 164 valence electrons. The third-order valence-corrected chi connectivity index (χ3v) is 7.13. The SMILES string of the molecule is COc1ccc(S(=O)(=O)Oc2ccc(OS(=O)(=O)c3ccc(OC)cc3)c(Br)c2)cc1. The van der Waals surface area contributed by atoms with E-state index in [9.17, 15) is 16.8 Å². The third-order valence-electron chi connectivity index (χ3n) is 4.00. The lowest BCUT2D eigenvalue weighted by Crippen LogP contribution is -2.11. The molecule has 0 saturated heterocycles. The summed E-state index contributed by atoms with van der Waals surface area (Å²) in [6.07, 6.45) is 0. The Morgan fingerprint density at radius 2 is 1.03 bits per heavy atom. The highest BCUT2D eigenvalue weighted by Crippen LogP contribution is 2.33. The van der Waals surface area contributed by atoms with E-state index in [0.29, 0.717) is 11.5 Å². The van der Waals surface area contributed by atoms with Crippen LogP contribution in [0.25, 0.3) is 0 Å². The summed E-state index contributed by atoms with van der Waals surface area (Å²) in [5.74, 6) is 0.933. The predicted octanol–water partition coefficient (Wildman–Crippen LogP) is 4.00. The Hall–Kier alpha value is -2.76. The highest BCUT2D eigenvalue weighted by molar-refractivity contribution is 9.10. The minimum atomic E-state index is -4.11. The first kappa shape index (κ1) is 22.9. The topological polar surface area (TPSA) is 105 Å². The molecule has 3 aromatic carbocycles. The van der Waals surface area contributed by atoms with Gasteiger partial charge in [-0.2, -0.15) is 16.8 Å². The Bertz CT molecular complexity index is 1270. The average molecular weight is 529 g/mol. The molecule has 0 aliphatic rings. The molecule has 0 unspecified atom stereocenters. The molecule has 0 bridgehead atoms. The van der Waals surface area contributed by atoms with E-state index in [0.717, 1.165) is 0 Å². The van der Waals surface area contributed by atoms with E-state index in [1.54, 1.807) is 0 Å². The van der Waals surface area contributed by atoms with Crippen molar-refractivity contribution >= 4 is 36.2 Å². The lowest BCUT2D eigenvalue weighted by molar-refractivity contribution is 0.414. The molecule has 8 nitrogen and oxygen atoms in total. The summed E-state index contributed by atoms with van der Waals surface area (Å²) in [6.45, 7) is 0. The van der Waals surface area contributed by atoms with Crippen LogP contribution in [0, 0.1) is 0 Å². The minimum Gasteiger partial charge on any atom is -0.497 e. The maximum Gasteiger partial charge on any atom is 0.339 e. The maximum absolute atomic E-state index is 12.5. The van der Waals surface area contributed by atoms with Crippen LogP contribution in [-0.4, -0.2) is 31.1 Å². The van der Waals surface area contributed by atoms with Gasteiger partial charge in [0, 0.05) is 0 Å². The van der Waals surface area contributed by atoms with Crippen molar-refractivity contribution in [3.05, 3.63) is 71.2 Å². The largest absolute Gasteiger partial charge is 0.497 e. The van der Waals surface area contributed by atoms with Gasteiger partial charge in [0.15, 0.2) is 5.75 Å². The zero-order valence-corrected chi connectivity index (χ0v) is 19.5. The molecule has 0 atom stereocenters. The Balaban J connectivity index is 1.78. The van der Waals surface area contributed by atoms with Crippen molar-refractivity contribution in [2.24, 2.45) is 0 Å². The number of halogens is 1. The number of benzene rings is 3. The summed E-state index contributed by atoms with van der Waals surface area (Å²) in [5, 5.41) is 0. The third kappa shape index (κ3) is 5.49. The summed E-state index contributed by atoms with van der Waals surface area (Å²) >= 11 is 3.18. The molecule has 3 aromatic rings. The molecule has 11 heteroatoms. The Kier molecular flexibility index (Phi) is 6.77. The molecule has 0 amide bonds. The van der Waals surface area contributed by atoms with Gasteiger partial charge in [0.2, 0.25) is 0 Å². The minimum absolute atomic E-state index is 0.0307. The van der Waals surface area contributed by atoms with E-state index in [2.05, 4.69) is 15.9 Å². The first-order valence-corrected chi connectivity index (χ1v) is 12.2. The molecule has 0 radical (unpaired) electrons. The van der Waals surface area contributed by atoms with Gasteiger partial charge in [-0.05, 0) is 82.7 Å². The van der Waals surface area contributed by atoms with Gasteiger partial charge in [-0.1, -0.05) is 0 Å². The quantitative estimate of drug-likeness (QED) is 0.404. The highest BCUT2D eigenvalue weighted by atomic mass is 79.9. The Morgan fingerprint density at radius 1 is 0.613 bits per heavy atom. The van der Waals surface area contributed by atoms with Gasteiger partial charge < -0.3 is 17.8 Å². The van der Waals surface area contributed by atoms with Crippen molar-refractivity contribution in [3.8, 4) is 23.0 Å². The molecule has 0 spiro atoms. The van der Waals surface area contributed by atoms with Crippen molar-refractivity contribution in [3.63, 3.8) is 0 Å². The molecule has 0 aliphatic carbocycles. The summed E-state index contributed by atoms with van der Waals surface area (Å²) in [4.78, 5) is -0.130. The van der Waals surface area contributed by atoms with Gasteiger partial charge in [-0.3, -0.25) is 0 Å². The zero-order valence-electron chi connectivity index (χ0n) is 16.3. The molecule has 0 aromatic heterocycles. The maximum atomic E-state index is 12.5. The first-order chi connectivity index (χ1) is 14.6. The van der Waals surface area contributed by atoms with E-state index in [-0.39, 0.29) is 25.8 Å². The van der Waals surface area contributed by atoms with E-state index in [4.69, 9.17) is 17.8 Å². The van der Waals surface area contributed by atoms with Crippen molar-refractivity contribution in [1.82, 2.24) is 0 Å². The van der Waals surface area contributed by atoms with Crippen LogP contribution in [0.3, 0.4) is 0 Å². The summed E-state index contributed by atoms with van der Waals surface area (Å²) in [5.41, 5.74) is 0. The number of rotatable bonds is 8. The van der Waals surface area contributed by atoms with Crippen LogP contribution in [0.5, 0.6) is 23.0 Å². The lowest BCUT2D eigenvalue weighted by Gasteiger charge is -2.11. The molecule has 0 heterocycles. The number of hydrogen-bond acceptors (Lipinski definition) is 8. The molecule has 0 saturated carbocycles.